The quantitative estimate of drug-likeness (QED) is 0.477. The predicted octanol–water partition coefficient (Wildman–Crippen LogP) is 3.12. The van der Waals surface area contributed by atoms with E-state index in [1.807, 2.05) is 0 Å². The molecule has 100 valence electrons. The van der Waals surface area contributed by atoms with Gasteiger partial charge in [0.15, 0.2) is 5.75 Å². The number of halogens is 1. The van der Waals surface area contributed by atoms with Crippen LogP contribution in [0.3, 0.4) is 0 Å². The molecule has 5 nitrogen and oxygen atoms in total. The van der Waals surface area contributed by atoms with Gasteiger partial charge in [0.05, 0.1) is 11.5 Å². The number of nitrogens with one attached hydrogen (secondary N) is 1. The Kier molecular flexibility index (Phi) is 6.07. The van der Waals surface area contributed by atoms with E-state index in [2.05, 4.69) is 35.1 Å². The number of rotatable bonds is 7. The number of nitro groups is 1. The first kappa shape index (κ1) is 14.9. The third-order valence-electron chi connectivity index (χ3n) is 2.25. The lowest BCUT2D eigenvalue weighted by molar-refractivity contribution is -0.385. The summed E-state index contributed by atoms with van der Waals surface area (Å²) >= 11 is 3.20. The lowest BCUT2D eigenvalue weighted by Gasteiger charge is -2.09. The van der Waals surface area contributed by atoms with Crippen molar-refractivity contribution in [2.75, 3.05) is 13.2 Å². The largest absolute Gasteiger partial charge is 0.487 e. The zero-order valence-electron chi connectivity index (χ0n) is 10.5. The van der Waals surface area contributed by atoms with E-state index in [1.54, 1.807) is 12.1 Å². The molecule has 0 aliphatic heterocycles. The highest BCUT2D eigenvalue weighted by Gasteiger charge is 2.15. The fraction of sp³-hybridized carbons (Fsp3) is 0.500. The van der Waals surface area contributed by atoms with Gasteiger partial charge in [-0.25, -0.2) is 0 Å². The molecule has 0 radical (unpaired) electrons. The van der Waals surface area contributed by atoms with Crippen LogP contribution in [0.25, 0.3) is 0 Å². The first-order chi connectivity index (χ1) is 8.50. The van der Waals surface area contributed by atoms with Crippen LogP contribution in [-0.4, -0.2) is 24.1 Å². The van der Waals surface area contributed by atoms with Gasteiger partial charge in [-0.05, 0) is 25.1 Å². The van der Waals surface area contributed by atoms with Crippen molar-refractivity contribution < 1.29 is 9.66 Å². The molecule has 1 N–H and O–H groups in total. The molecule has 0 saturated heterocycles. The fourth-order valence-electron chi connectivity index (χ4n) is 1.40. The molecule has 0 fully saturated rings. The molecule has 1 aromatic carbocycles. The zero-order valence-corrected chi connectivity index (χ0v) is 12.1. The Balaban J connectivity index is 2.49. The molecule has 0 spiro atoms. The van der Waals surface area contributed by atoms with Crippen molar-refractivity contribution >= 4 is 21.6 Å². The molecule has 0 atom stereocenters. The summed E-state index contributed by atoms with van der Waals surface area (Å²) in [5.74, 6) is 0.313. The normalized spacial score (nSPS) is 10.7. The summed E-state index contributed by atoms with van der Waals surface area (Å²) < 4.78 is 6.10. The number of nitrogens with zero attached hydrogens (tertiary/aromatic N) is 1. The number of hydrogen-bond acceptors (Lipinski definition) is 4. The summed E-state index contributed by atoms with van der Waals surface area (Å²) in [5.41, 5.74) is -0.0128. The topological polar surface area (TPSA) is 64.4 Å². The van der Waals surface area contributed by atoms with Gasteiger partial charge in [-0.3, -0.25) is 10.1 Å². The van der Waals surface area contributed by atoms with Crippen LogP contribution in [0, 0.1) is 10.1 Å². The maximum atomic E-state index is 10.8. The van der Waals surface area contributed by atoms with Gasteiger partial charge in [0.2, 0.25) is 0 Å². The van der Waals surface area contributed by atoms with Crippen molar-refractivity contribution in [3.8, 4) is 5.75 Å². The second kappa shape index (κ2) is 7.33. The summed E-state index contributed by atoms with van der Waals surface area (Å²) in [5, 5.41) is 14.1. The van der Waals surface area contributed by atoms with Gasteiger partial charge in [-0.1, -0.05) is 29.8 Å². The van der Waals surface area contributed by atoms with Crippen LogP contribution in [0.15, 0.2) is 22.7 Å². The molecule has 1 aromatic rings. The highest BCUT2D eigenvalue weighted by Crippen LogP contribution is 2.29. The zero-order chi connectivity index (χ0) is 13.5. The summed E-state index contributed by atoms with van der Waals surface area (Å²) in [6.45, 7) is 5.44. The molecule has 0 aromatic heterocycles. The third kappa shape index (κ3) is 5.01. The van der Waals surface area contributed by atoms with E-state index in [1.165, 1.54) is 6.07 Å². The molecule has 1 rings (SSSR count). The average molecular weight is 317 g/mol. The smallest absolute Gasteiger partial charge is 0.312 e. The molecule has 0 saturated carbocycles. The number of hydrogen-bond donors (Lipinski definition) is 1. The van der Waals surface area contributed by atoms with Gasteiger partial charge in [-0.15, -0.1) is 0 Å². The van der Waals surface area contributed by atoms with Crippen molar-refractivity contribution in [2.45, 2.75) is 26.3 Å². The van der Waals surface area contributed by atoms with E-state index in [9.17, 15) is 10.1 Å². The van der Waals surface area contributed by atoms with Crippen LogP contribution >= 0.6 is 15.9 Å². The molecule has 0 aliphatic carbocycles. The van der Waals surface area contributed by atoms with Crippen LogP contribution in [0.4, 0.5) is 5.69 Å². The Bertz CT molecular complexity index is 410. The van der Waals surface area contributed by atoms with E-state index in [-0.39, 0.29) is 5.69 Å². The number of nitro benzene ring substituents is 1. The van der Waals surface area contributed by atoms with Crippen LogP contribution in [-0.2, 0) is 0 Å². The monoisotopic (exact) mass is 316 g/mol. The number of ether oxygens (including phenoxy) is 1. The van der Waals surface area contributed by atoms with Gasteiger partial charge < -0.3 is 10.1 Å². The Morgan fingerprint density at radius 2 is 2.22 bits per heavy atom. The first-order valence-electron chi connectivity index (χ1n) is 5.81. The highest BCUT2D eigenvalue weighted by molar-refractivity contribution is 9.10. The van der Waals surface area contributed by atoms with E-state index in [4.69, 9.17) is 4.74 Å². The SMILES string of the molecule is CC(C)NCCCOc1ccc(Br)cc1[N+](=O)[O-]. The number of benzene rings is 1. The van der Waals surface area contributed by atoms with Crippen molar-refractivity contribution in [3.63, 3.8) is 0 Å². The molecular formula is C12H17BrN2O3. The highest BCUT2D eigenvalue weighted by atomic mass is 79.9. The molecule has 0 unspecified atom stereocenters. The van der Waals surface area contributed by atoms with Gasteiger partial charge in [0.1, 0.15) is 0 Å². The van der Waals surface area contributed by atoms with E-state index >= 15 is 0 Å². The van der Waals surface area contributed by atoms with Gasteiger partial charge in [0.25, 0.3) is 0 Å². The average Bonchev–Trinajstić information content (AvgIpc) is 2.29. The Labute approximate surface area is 115 Å². The Morgan fingerprint density at radius 1 is 1.50 bits per heavy atom. The Morgan fingerprint density at radius 3 is 2.83 bits per heavy atom. The minimum Gasteiger partial charge on any atom is -0.487 e. The Hall–Kier alpha value is -1.14. The van der Waals surface area contributed by atoms with Gasteiger partial charge in [0, 0.05) is 16.6 Å². The molecule has 18 heavy (non-hydrogen) atoms. The van der Waals surface area contributed by atoms with Crippen molar-refractivity contribution in [2.24, 2.45) is 0 Å². The summed E-state index contributed by atoms with van der Waals surface area (Å²) in [4.78, 5) is 10.4. The van der Waals surface area contributed by atoms with Crippen molar-refractivity contribution in [1.82, 2.24) is 5.32 Å². The molecular weight excluding hydrogens is 300 g/mol. The van der Waals surface area contributed by atoms with Gasteiger partial charge >= 0.3 is 5.69 Å². The summed E-state index contributed by atoms with van der Waals surface area (Å²) in [6, 6.07) is 5.22. The maximum absolute atomic E-state index is 10.8. The lowest BCUT2D eigenvalue weighted by Crippen LogP contribution is -2.24. The second-order valence-corrected chi connectivity index (χ2v) is 5.10. The molecule has 6 heteroatoms. The van der Waals surface area contributed by atoms with E-state index < -0.39 is 4.92 Å². The van der Waals surface area contributed by atoms with Crippen LogP contribution in [0.5, 0.6) is 5.75 Å². The predicted molar refractivity (Wildman–Crippen MR) is 74.0 cm³/mol. The third-order valence-corrected chi connectivity index (χ3v) is 2.74. The standard InChI is InChI=1S/C12H17BrN2O3/c1-9(2)14-6-3-7-18-12-5-4-10(13)8-11(12)15(16)17/h4-5,8-9,14H,3,6-7H2,1-2H3. The van der Waals surface area contributed by atoms with E-state index in [0.29, 0.717) is 22.9 Å². The minimum absolute atomic E-state index is 0.0128. The fourth-order valence-corrected chi connectivity index (χ4v) is 1.75. The minimum atomic E-state index is -0.438. The molecule has 0 amide bonds. The van der Waals surface area contributed by atoms with Crippen molar-refractivity contribution in [3.05, 3.63) is 32.8 Å². The summed E-state index contributed by atoms with van der Waals surface area (Å²) in [7, 11) is 0. The maximum Gasteiger partial charge on any atom is 0.312 e. The molecule has 0 aliphatic rings. The van der Waals surface area contributed by atoms with Gasteiger partial charge in [-0.2, -0.15) is 0 Å². The second-order valence-electron chi connectivity index (χ2n) is 4.18. The summed E-state index contributed by atoms with van der Waals surface area (Å²) in [6.07, 6.45) is 0.811. The van der Waals surface area contributed by atoms with Crippen LogP contribution < -0.4 is 10.1 Å². The molecule has 0 heterocycles. The molecule has 0 bridgehead atoms. The first-order valence-corrected chi connectivity index (χ1v) is 6.60. The van der Waals surface area contributed by atoms with Crippen molar-refractivity contribution in [1.29, 1.82) is 0 Å². The van der Waals surface area contributed by atoms with E-state index in [0.717, 1.165) is 13.0 Å². The lowest BCUT2D eigenvalue weighted by atomic mass is 10.3. The van der Waals surface area contributed by atoms with Crippen LogP contribution in [0.1, 0.15) is 20.3 Å². The van der Waals surface area contributed by atoms with Crippen LogP contribution in [0.2, 0.25) is 0 Å².